The fraction of sp³-hybridized carbons (Fsp3) is 0.286. The van der Waals surface area contributed by atoms with Crippen molar-refractivity contribution in [3.05, 3.63) is 47.5 Å². The SMILES string of the molecule is CS(=O)C1CCc2c3cccc-3cccc21. The molecule has 3 aliphatic carbocycles. The maximum Gasteiger partial charge on any atom is 0.0600 e. The first-order valence-electron chi connectivity index (χ1n) is 5.60. The molecule has 82 valence electrons. The normalized spacial score (nSPS) is 20.9. The Labute approximate surface area is 98.3 Å². The van der Waals surface area contributed by atoms with Crippen LogP contribution in [0.1, 0.15) is 22.8 Å². The van der Waals surface area contributed by atoms with Crippen molar-refractivity contribution in [3.63, 3.8) is 0 Å². The molecule has 0 aromatic carbocycles. The molecule has 3 rings (SSSR count). The highest BCUT2D eigenvalue weighted by Crippen LogP contribution is 2.40. The lowest BCUT2D eigenvalue weighted by Gasteiger charge is -2.06. The van der Waals surface area contributed by atoms with Crippen molar-refractivity contribution in [2.24, 2.45) is 0 Å². The van der Waals surface area contributed by atoms with Gasteiger partial charge in [0.05, 0.1) is 5.25 Å². The van der Waals surface area contributed by atoms with Crippen LogP contribution in [-0.2, 0) is 17.2 Å². The van der Waals surface area contributed by atoms with Crippen molar-refractivity contribution in [3.8, 4) is 11.1 Å². The molecule has 0 N–H and O–H groups in total. The Morgan fingerprint density at radius 1 is 1.19 bits per heavy atom. The minimum Gasteiger partial charge on any atom is -0.259 e. The Balaban J connectivity index is 2.24. The van der Waals surface area contributed by atoms with Crippen molar-refractivity contribution >= 4 is 10.8 Å². The van der Waals surface area contributed by atoms with E-state index in [0.29, 0.717) is 0 Å². The Morgan fingerprint density at radius 3 is 2.69 bits per heavy atom. The van der Waals surface area contributed by atoms with Gasteiger partial charge in [0, 0.05) is 17.1 Å². The maximum absolute atomic E-state index is 11.7. The summed E-state index contributed by atoms with van der Waals surface area (Å²) in [7, 11) is -0.755. The molecule has 3 aliphatic rings. The topological polar surface area (TPSA) is 17.1 Å². The maximum atomic E-state index is 11.7. The monoisotopic (exact) mass is 230 g/mol. The second-order valence-corrected chi connectivity index (χ2v) is 5.95. The fourth-order valence-electron chi connectivity index (χ4n) is 2.72. The minimum absolute atomic E-state index is 0.237. The Morgan fingerprint density at radius 2 is 1.94 bits per heavy atom. The van der Waals surface area contributed by atoms with Crippen LogP contribution in [-0.4, -0.2) is 10.5 Å². The highest BCUT2D eigenvalue weighted by Gasteiger charge is 2.27. The van der Waals surface area contributed by atoms with Crippen LogP contribution in [0.15, 0.2) is 36.4 Å². The van der Waals surface area contributed by atoms with Gasteiger partial charge in [0.25, 0.3) is 0 Å². The number of hydrogen-bond acceptors (Lipinski definition) is 1. The van der Waals surface area contributed by atoms with Crippen LogP contribution in [0, 0.1) is 0 Å². The van der Waals surface area contributed by atoms with Gasteiger partial charge in [-0.15, -0.1) is 0 Å². The molecule has 0 fully saturated rings. The van der Waals surface area contributed by atoms with E-state index in [-0.39, 0.29) is 5.25 Å². The minimum atomic E-state index is -0.755. The third kappa shape index (κ3) is 1.40. The van der Waals surface area contributed by atoms with Crippen molar-refractivity contribution in [1.82, 2.24) is 0 Å². The molecular weight excluding hydrogens is 216 g/mol. The van der Waals surface area contributed by atoms with Crippen molar-refractivity contribution in [1.29, 1.82) is 0 Å². The molecule has 2 unspecified atom stereocenters. The van der Waals surface area contributed by atoms with Gasteiger partial charge in [-0.1, -0.05) is 36.4 Å². The molecule has 2 atom stereocenters. The molecule has 1 nitrogen and oxygen atoms in total. The molecule has 0 spiro atoms. The van der Waals surface area contributed by atoms with Gasteiger partial charge in [0.1, 0.15) is 0 Å². The Bertz CT molecular complexity index is 532. The summed E-state index contributed by atoms with van der Waals surface area (Å²) in [6.07, 6.45) is 3.91. The van der Waals surface area contributed by atoms with Gasteiger partial charge in [-0.25, -0.2) is 0 Å². The van der Waals surface area contributed by atoms with Gasteiger partial charge in [0.15, 0.2) is 0 Å². The average molecular weight is 230 g/mol. The van der Waals surface area contributed by atoms with Crippen molar-refractivity contribution in [2.75, 3.05) is 6.26 Å². The van der Waals surface area contributed by atoms with Gasteiger partial charge in [-0.2, -0.15) is 0 Å². The standard InChI is InChI=1S/C14H14OS/c1-16(15)14-9-8-12-11-6-2-4-10(11)5-3-7-13(12)14/h2-7,14H,8-9H2,1H3. The third-order valence-electron chi connectivity index (χ3n) is 3.48. The third-order valence-corrected chi connectivity index (χ3v) is 4.77. The molecule has 0 bridgehead atoms. The lowest BCUT2D eigenvalue weighted by molar-refractivity contribution is 0.674. The molecule has 16 heavy (non-hydrogen) atoms. The number of rotatable bonds is 1. The lowest BCUT2D eigenvalue weighted by atomic mass is 10.1. The summed E-state index contributed by atoms with van der Waals surface area (Å²) in [5.74, 6) is 0. The molecular formula is C14H14OS. The van der Waals surface area contributed by atoms with Gasteiger partial charge in [-0.3, -0.25) is 4.21 Å². The first-order valence-corrected chi connectivity index (χ1v) is 7.22. The lowest BCUT2D eigenvalue weighted by Crippen LogP contribution is -1.99. The number of hydrogen-bond donors (Lipinski definition) is 0. The van der Waals surface area contributed by atoms with Crippen LogP contribution >= 0.6 is 0 Å². The summed E-state index contributed by atoms with van der Waals surface area (Å²) in [4.78, 5) is 0. The van der Waals surface area contributed by atoms with E-state index >= 15 is 0 Å². The second-order valence-electron chi connectivity index (χ2n) is 4.38. The Kier molecular flexibility index (Phi) is 2.32. The fourth-order valence-corrected chi connectivity index (χ4v) is 3.75. The molecule has 0 radical (unpaired) electrons. The van der Waals surface area contributed by atoms with E-state index in [1.165, 1.54) is 22.3 Å². The summed E-state index contributed by atoms with van der Waals surface area (Å²) in [6.45, 7) is 0. The first-order chi connectivity index (χ1) is 7.77. The van der Waals surface area contributed by atoms with Crippen LogP contribution in [0.4, 0.5) is 0 Å². The highest BCUT2D eigenvalue weighted by molar-refractivity contribution is 7.84. The first kappa shape index (κ1) is 10.0. The Hall–Kier alpha value is -1.15. The largest absolute Gasteiger partial charge is 0.259 e. The molecule has 0 amide bonds. The average Bonchev–Trinajstić information content (AvgIpc) is 2.82. The molecule has 0 saturated heterocycles. The van der Waals surface area contributed by atoms with Crippen molar-refractivity contribution in [2.45, 2.75) is 18.1 Å². The van der Waals surface area contributed by atoms with Crippen molar-refractivity contribution < 1.29 is 4.21 Å². The molecule has 0 aliphatic heterocycles. The molecule has 0 heterocycles. The van der Waals surface area contributed by atoms with Gasteiger partial charge < -0.3 is 0 Å². The molecule has 0 aromatic rings. The van der Waals surface area contributed by atoms with E-state index in [1.54, 1.807) is 0 Å². The van der Waals surface area contributed by atoms with Crippen LogP contribution in [0.2, 0.25) is 0 Å². The zero-order chi connectivity index (χ0) is 11.1. The van der Waals surface area contributed by atoms with Gasteiger partial charge in [0.2, 0.25) is 0 Å². The highest BCUT2D eigenvalue weighted by atomic mass is 32.2. The predicted molar refractivity (Wildman–Crippen MR) is 68.2 cm³/mol. The van der Waals surface area contributed by atoms with E-state index in [0.717, 1.165) is 12.8 Å². The van der Waals surface area contributed by atoms with E-state index in [9.17, 15) is 4.21 Å². The smallest absolute Gasteiger partial charge is 0.0600 e. The van der Waals surface area contributed by atoms with Crippen LogP contribution in [0.5, 0.6) is 0 Å². The van der Waals surface area contributed by atoms with E-state index in [2.05, 4.69) is 36.4 Å². The van der Waals surface area contributed by atoms with Crippen LogP contribution in [0.25, 0.3) is 11.1 Å². The van der Waals surface area contributed by atoms with E-state index < -0.39 is 10.8 Å². The van der Waals surface area contributed by atoms with E-state index in [4.69, 9.17) is 0 Å². The molecule has 0 aromatic heterocycles. The van der Waals surface area contributed by atoms with Crippen LogP contribution < -0.4 is 0 Å². The predicted octanol–water partition coefficient (Wildman–Crippen LogP) is 3.16. The summed E-state index contributed by atoms with van der Waals surface area (Å²) in [5, 5.41) is 0.237. The zero-order valence-corrected chi connectivity index (χ0v) is 10.1. The zero-order valence-electron chi connectivity index (χ0n) is 9.27. The second kappa shape index (κ2) is 3.70. The van der Waals surface area contributed by atoms with E-state index in [1.807, 2.05) is 6.26 Å². The summed E-state index contributed by atoms with van der Waals surface area (Å²) < 4.78 is 11.7. The van der Waals surface area contributed by atoms with Crippen LogP contribution in [0.3, 0.4) is 0 Å². The molecule has 2 heteroatoms. The summed E-state index contributed by atoms with van der Waals surface area (Å²) in [5.41, 5.74) is 5.34. The summed E-state index contributed by atoms with van der Waals surface area (Å²) >= 11 is 0. The molecule has 0 saturated carbocycles. The number of fused-ring (bicyclic) bond motifs is 3. The quantitative estimate of drug-likeness (QED) is 0.735. The van der Waals surface area contributed by atoms with Gasteiger partial charge >= 0.3 is 0 Å². The van der Waals surface area contributed by atoms with Gasteiger partial charge in [-0.05, 0) is 35.1 Å². The summed E-state index contributed by atoms with van der Waals surface area (Å²) in [6, 6.07) is 12.8.